The molecule has 7 heteroatoms. The summed E-state index contributed by atoms with van der Waals surface area (Å²) in [6.45, 7) is 0. The molecule has 2 heterocycles. The minimum Gasteiger partial charge on any atom is -0.486 e. The van der Waals surface area contributed by atoms with Gasteiger partial charge in [0, 0.05) is 17.0 Å². The van der Waals surface area contributed by atoms with Crippen molar-refractivity contribution in [1.29, 1.82) is 0 Å². The van der Waals surface area contributed by atoms with Crippen LogP contribution in [0, 0.1) is 0 Å². The maximum Gasteiger partial charge on any atom is 0.280 e. The van der Waals surface area contributed by atoms with Crippen molar-refractivity contribution < 1.29 is 9.53 Å². The topological polar surface area (TPSA) is 55.6 Å². The summed E-state index contributed by atoms with van der Waals surface area (Å²) in [5, 5.41) is 1.64. The summed E-state index contributed by atoms with van der Waals surface area (Å²) in [5.74, 6) is 5.85. The Morgan fingerprint density at radius 3 is 2.90 bits per heavy atom. The summed E-state index contributed by atoms with van der Waals surface area (Å²) < 4.78 is 6.18. The molecule has 108 valence electrons. The number of nitrogens with zero attached hydrogens (tertiary/aromatic N) is 1. The minimum atomic E-state index is -0.310. The molecule has 1 aromatic rings. The Morgan fingerprint density at radius 2 is 2.24 bits per heavy atom. The van der Waals surface area contributed by atoms with Gasteiger partial charge < -0.3 is 4.74 Å². The first-order valence-electron chi connectivity index (χ1n) is 6.20. The van der Waals surface area contributed by atoms with Crippen LogP contribution < -0.4 is 5.84 Å². The van der Waals surface area contributed by atoms with Crippen LogP contribution in [0.1, 0.15) is 18.1 Å². The second kappa shape index (κ2) is 5.81. The highest BCUT2D eigenvalue weighted by atomic mass is 35.5. The van der Waals surface area contributed by atoms with E-state index in [9.17, 15) is 4.79 Å². The van der Waals surface area contributed by atoms with Gasteiger partial charge in [-0.05, 0) is 18.2 Å². The summed E-state index contributed by atoms with van der Waals surface area (Å²) in [4.78, 5) is 12.3. The van der Waals surface area contributed by atoms with E-state index >= 15 is 0 Å². The van der Waals surface area contributed by atoms with Crippen LogP contribution in [-0.4, -0.2) is 15.2 Å². The van der Waals surface area contributed by atoms with Crippen molar-refractivity contribution in [2.24, 2.45) is 5.84 Å². The van der Waals surface area contributed by atoms with E-state index < -0.39 is 0 Å². The molecule has 21 heavy (non-hydrogen) atoms. The van der Waals surface area contributed by atoms with E-state index in [1.165, 1.54) is 11.8 Å². The van der Waals surface area contributed by atoms with Crippen LogP contribution in [0.3, 0.4) is 0 Å². The van der Waals surface area contributed by atoms with Gasteiger partial charge >= 0.3 is 0 Å². The Kier molecular flexibility index (Phi) is 4.03. The van der Waals surface area contributed by atoms with Gasteiger partial charge in [-0.3, -0.25) is 4.79 Å². The number of thioether (sulfide) groups is 1. The number of halogens is 1. The summed E-state index contributed by atoms with van der Waals surface area (Å²) in [7, 11) is 0. The number of thiocarbonyl (C=S) groups is 1. The molecule has 0 spiro atoms. The predicted molar refractivity (Wildman–Crippen MR) is 87.3 cm³/mol. The quantitative estimate of drug-likeness (QED) is 0.388. The van der Waals surface area contributed by atoms with Crippen LogP contribution in [0.4, 0.5) is 0 Å². The Balaban J connectivity index is 1.75. The van der Waals surface area contributed by atoms with Gasteiger partial charge in [-0.15, -0.1) is 0 Å². The lowest BCUT2D eigenvalue weighted by molar-refractivity contribution is -0.122. The summed E-state index contributed by atoms with van der Waals surface area (Å²) in [5.41, 5.74) is 0.935. The van der Waals surface area contributed by atoms with E-state index in [2.05, 4.69) is 0 Å². The zero-order chi connectivity index (χ0) is 15.0. The van der Waals surface area contributed by atoms with E-state index in [1.54, 1.807) is 6.08 Å². The van der Waals surface area contributed by atoms with E-state index in [1.807, 2.05) is 30.3 Å². The average molecular weight is 339 g/mol. The van der Waals surface area contributed by atoms with E-state index in [0.29, 0.717) is 26.4 Å². The van der Waals surface area contributed by atoms with Gasteiger partial charge in [0.15, 0.2) is 4.32 Å². The molecule has 1 amide bonds. The van der Waals surface area contributed by atoms with Crippen molar-refractivity contribution in [3.63, 3.8) is 0 Å². The van der Waals surface area contributed by atoms with Crippen LogP contribution in [0.25, 0.3) is 0 Å². The highest BCUT2D eigenvalue weighted by Gasteiger charge is 2.31. The van der Waals surface area contributed by atoms with Gasteiger partial charge in [-0.1, -0.05) is 53.8 Å². The van der Waals surface area contributed by atoms with Crippen LogP contribution >= 0.6 is 35.6 Å². The molecule has 1 aromatic carbocycles. The molecule has 2 aliphatic rings. The Bertz CT molecular complexity index is 687. The van der Waals surface area contributed by atoms with Crippen molar-refractivity contribution in [1.82, 2.24) is 5.01 Å². The van der Waals surface area contributed by atoms with Crippen LogP contribution in [-0.2, 0) is 9.53 Å². The number of amides is 1. The number of nitrogens with two attached hydrogens (primary N) is 1. The number of hydrazine groups is 1. The molecule has 4 nitrogen and oxygen atoms in total. The Labute approximate surface area is 136 Å². The lowest BCUT2D eigenvalue weighted by Gasteiger charge is -2.13. The van der Waals surface area contributed by atoms with Gasteiger partial charge in [-0.25, -0.2) is 10.9 Å². The molecule has 2 aliphatic heterocycles. The molecule has 0 radical (unpaired) electrons. The molecule has 0 bridgehead atoms. The Hall–Kier alpha value is -1.34. The van der Waals surface area contributed by atoms with Crippen molar-refractivity contribution >= 4 is 45.8 Å². The van der Waals surface area contributed by atoms with Crippen molar-refractivity contribution in [3.8, 4) is 0 Å². The molecule has 0 saturated carbocycles. The SMILES string of the molecule is NN1C(=O)/C(=C/C2=CCC(c3ccccc3Cl)O2)SC1=S. The first-order chi connectivity index (χ1) is 10.1. The van der Waals surface area contributed by atoms with Crippen LogP contribution in [0.5, 0.6) is 0 Å². The predicted octanol–water partition coefficient (Wildman–Crippen LogP) is 3.30. The third-order valence-electron chi connectivity index (χ3n) is 3.16. The Morgan fingerprint density at radius 1 is 1.48 bits per heavy atom. The molecular formula is C14H11ClN2O2S2. The lowest BCUT2D eigenvalue weighted by atomic mass is 10.1. The van der Waals surface area contributed by atoms with Crippen molar-refractivity contribution in [2.45, 2.75) is 12.5 Å². The standard InChI is InChI=1S/C14H11ClN2O2S2/c15-10-4-2-1-3-9(10)11-6-5-8(19-11)7-12-13(18)17(16)14(20)21-12/h1-5,7,11H,6,16H2/b12-7-. The molecule has 1 unspecified atom stereocenters. The summed E-state index contributed by atoms with van der Waals surface area (Å²) in [6.07, 6.45) is 4.17. The maximum atomic E-state index is 11.8. The van der Waals surface area contributed by atoms with E-state index in [-0.39, 0.29) is 12.0 Å². The number of ether oxygens (including phenoxy) is 1. The average Bonchev–Trinajstić information content (AvgIpc) is 3.01. The minimum absolute atomic E-state index is 0.131. The molecule has 1 atom stereocenters. The number of hydrogen-bond donors (Lipinski definition) is 1. The maximum absolute atomic E-state index is 11.8. The first-order valence-corrected chi connectivity index (χ1v) is 7.80. The van der Waals surface area contributed by atoms with E-state index in [0.717, 1.165) is 10.6 Å². The summed E-state index contributed by atoms with van der Waals surface area (Å²) in [6, 6.07) is 7.56. The van der Waals surface area contributed by atoms with Gasteiger partial charge in [0.1, 0.15) is 11.9 Å². The number of carbonyl (C=O) groups is 1. The molecule has 2 N–H and O–H groups in total. The largest absolute Gasteiger partial charge is 0.486 e. The smallest absolute Gasteiger partial charge is 0.280 e. The highest BCUT2D eigenvalue weighted by Crippen LogP contribution is 2.37. The van der Waals surface area contributed by atoms with Crippen LogP contribution in [0.15, 0.2) is 47.1 Å². The van der Waals surface area contributed by atoms with Crippen molar-refractivity contribution in [2.75, 3.05) is 0 Å². The fraction of sp³-hybridized carbons (Fsp3) is 0.143. The zero-order valence-corrected chi connectivity index (χ0v) is 13.2. The van der Waals surface area contributed by atoms with E-state index in [4.69, 9.17) is 34.4 Å². The van der Waals surface area contributed by atoms with Crippen molar-refractivity contribution in [3.05, 3.63) is 57.7 Å². The van der Waals surface area contributed by atoms with Gasteiger partial charge in [0.25, 0.3) is 5.91 Å². The first kappa shape index (κ1) is 14.6. The molecule has 1 saturated heterocycles. The number of allylic oxidation sites excluding steroid dienone is 1. The zero-order valence-electron chi connectivity index (χ0n) is 10.8. The fourth-order valence-electron chi connectivity index (χ4n) is 2.11. The third kappa shape index (κ3) is 2.85. The summed E-state index contributed by atoms with van der Waals surface area (Å²) >= 11 is 12.3. The number of carbonyl (C=O) groups excluding carboxylic acids is 1. The van der Waals surface area contributed by atoms with Gasteiger partial charge in [-0.2, -0.15) is 0 Å². The monoisotopic (exact) mass is 338 g/mol. The second-order valence-electron chi connectivity index (χ2n) is 4.52. The third-order valence-corrected chi connectivity index (χ3v) is 4.84. The van der Waals surface area contributed by atoms with Gasteiger partial charge in [0.05, 0.1) is 4.91 Å². The molecule has 0 aliphatic carbocycles. The molecule has 1 fully saturated rings. The second-order valence-corrected chi connectivity index (χ2v) is 6.60. The fourth-order valence-corrected chi connectivity index (χ4v) is 3.45. The number of rotatable bonds is 2. The van der Waals surface area contributed by atoms with Gasteiger partial charge in [0.2, 0.25) is 0 Å². The highest BCUT2D eigenvalue weighted by molar-refractivity contribution is 8.26. The number of hydrogen-bond acceptors (Lipinski definition) is 5. The lowest BCUT2D eigenvalue weighted by Crippen LogP contribution is -2.34. The molecule has 0 aromatic heterocycles. The van der Waals surface area contributed by atoms with Crippen LogP contribution in [0.2, 0.25) is 5.02 Å². The number of benzene rings is 1. The molecular weight excluding hydrogens is 328 g/mol. The molecule has 3 rings (SSSR count). The normalized spacial score (nSPS) is 23.7.